The predicted octanol–water partition coefficient (Wildman–Crippen LogP) is 3.88. The lowest BCUT2D eigenvalue weighted by atomic mass is 10.2. The lowest BCUT2D eigenvalue weighted by Gasteiger charge is -2.39. The van der Waals surface area contributed by atoms with Crippen molar-refractivity contribution in [2.45, 2.75) is 119 Å². The summed E-state index contributed by atoms with van der Waals surface area (Å²) in [5.74, 6) is 0. The number of hydrogen-bond acceptors (Lipinski definition) is 8. The van der Waals surface area contributed by atoms with Gasteiger partial charge in [0.15, 0.2) is 0 Å². The Labute approximate surface area is 276 Å². The summed E-state index contributed by atoms with van der Waals surface area (Å²) in [6.45, 7) is 49.5. The highest BCUT2D eigenvalue weighted by atomic mass is 15.3. The molecule has 0 aliphatic carbocycles. The van der Waals surface area contributed by atoms with Gasteiger partial charge in [-0.2, -0.15) is 0 Å². The Morgan fingerprint density at radius 2 is 0.318 bits per heavy atom. The average molecular weight is 623 g/mol. The Balaban J connectivity index is 2.48. The van der Waals surface area contributed by atoms with Crippen molar-refractivity contribution in [2.24, 2.45) is 0 Å². The van der Waals surface area contributed by atoms with E-state index in [-0.39, 0.29) is 0 Å². The van der Waals surface area contributed by atoms with Crippen LogP contribution in [-0.4, -0.2) is 193 Å². The van der Waals surface area contributed by atoms with E-state index in [0.29, 0.717) is 36.3 Å². The van der Waals surface area contributed by atoms with Crippen LogP contribution in [-0.2, 0) is 0 Å². The Kier molecular flexibility index (Phi) is 18.9. The molecule has 0 atom stereocenters. The van der Waals surface area contributed by atoms with Crippen molar-refractivity contribution in [3.63, 3.8) is 0 Å². The Hall–Kier alpha value is -0.320. The van der Waals surface area contributed by atoms with Crippen LogP contribution in [0.1, 0.15) is 83.1 Å². The van der Waals surface area contributed by atoms with Crippen molar-refractivity contribution in [1.29, 1.82) is 0 Å². The highest BCUT2D eigenvalue weighted by Crippen LogP contribution is 2.10. The highest BCUT2D eigenvalue weighted by Gasteiger charge is 2.23. The summed E-state index contributed by atoms with van der Waals surface area (Å²) < 4.78 is 0. The van der Waals surface area contributed by atoms with E-state index in [0.717, 1.165) is 118 Å². The van der Waals surface area contributed by atoms with Gasteiger partial charge in [-0.3, -0.25) is 39.2 Å². The molecule has 0 aromatic carbocycles. The zero-order chi connectivity index (χ0) is 32.8. The van der Waals surface area contributed by atoms with E-state index in [4.69, 9.17) is 0 Å². The number of nitrogens with zero attached hydrogens (tertiary/aromatic N) is 8. The summed E-state index contributed by atoms with van der Waals surface area (Å²) >= 11 is 0. The molecular formula is C36H78N8. The van der Waals surface area contributed by atoms with E-state index >= 15 is 0 Å². The zero-order valence-corrected chi connectivity index (χ0v) is 31.8. The largest absolute Gasteiger partial charge is 0.300 e. The first-order valence-electron chi connectivity index (χ1n) is 18.7. The molecule has 0 spiro atoms. The fourth-order valence-corrected chi connectivity index (χ4v) is 6.83. The standard InChI is InChI=1S/C36H78N8/c1-31(2)39-19-13-37-14-21-41(33(5)6)27-29-43(35(9)10)23-17-38(16-20-40(26-25-39)32(3)4)18-24-44(36(11)12)30-28-42(22-15-37)34(7)8/h31-36H,13-30H2,1-12H3. The van der Waals surface area contributed by atoms with Crippen LogP contribution in [0.4, 0.5) is 0 Å². The molecule has 3 fully saturated rings. The molecule has 3 aliphatic heterocycles. The molecule has 3 heterocycles. The van der Waals surface area contributed by atoms with Crippen LogP contribution in [0.15, 0.2) is 0 Å². The molecule has 0 N–H and O–H groups in total. The van der Waals surface area contributed by atoms with Crippen LogP contribution in [0.2, 0.25) is 0 Å². The first-order chi connectivity index (χ1) is 20.8. The first-order valence-corrected chi connectivity index (χ1v) is 18.7. The van der Waals surface area contributed by atoms with Gasteiger partial charge in [-0.15, -0.1) is 0 Å². The molecule has 3 rings (SSSR count). The molecule has 44 heavy (non-hydrogen) atoms. The summed E-state index contributed by atoms with van der Waals surface area (Å²) in [7, 11) is 0. The molecule has 3 saturated heterocycles. The van der Waals surface area contributed by atoms with E-state index in [9.17, 15) is 0 Å². The summed E-state index contributed by atoms with van der Waals surface area (Å²) in [4.78, 5) is 22.1. The van der Waals surface area contributed by atoms with Crippen molar-refractivity contribution in [2.75, 3.05) is 118 Å². The molecule has 0 aromatic heterocycles. The molecule has 2 bridgehead atoms. The third-order valence-corrected chi connectivity index (χ3v) is 10.6. The molecular weight excluding hydrogens is 544 g/mol. The van der Waals surface area contributed by atoms with Gasteiger partial charge >= 0.3 is 0 Å². The van der Waals surface area contributed by atoms with Gasteiger partial charge in [0, 0.05) is 154 Å². The van der Waals surface area contributed by atoms with E-state index in [1.807, 2.05) is 0 Å². The summed E-state index contributed by atoms with van der Waals surface area (Å²) in [6, 6.07) is 3.43. The Bertz CT molecular complexity index is 572. The van der Waals surface area contributed by atoms with Crippen LogP contribution in [0.3, 0.4) is 0 Å². The van der Waals surface area contributed by atoms with Gasteiger partial charge in [-0.05, 0) is 83.1 Å². The summed E-state index contributed by atoms with van der Waals surface area (Å²) in [5, 5.41) is 0. The molecule has 262 valence electrons. The van der Waals surface area contributed by atoms with Gasteiger partial charge in [0.2, 0.25) is 0 Å². The van der Waals surface area contributed by atoms with Crippen LogP contribution in [0.5, 0.6) is 0 Å². The maximum absolute atomic E-state index is 2.80. The second-order valence-electron chi connectivity index (χ2n) is 15.5. The van der Waals surface area contributed by atoms with Crippen LogP contribution in [0, 0.1) is 0 Å². The van der Waals surface area contributed by atoms with Gasteiger partial charge in [-0.25, -0.2) is 0 Å². The number of rotatable bonds is 6. The van der Waals surface area contributed by atoms with Gasteiger partial charge < -0.3 is 0 Å². The molecule has 0 unspecified atom stereocenters. The minimum absolute atomic E-state index is 0.571. The smallest absolute Gasteiger partial charge is 0.0113 e. The Morgan fingerprint density at radius 3 is 0.432 bits per heavy atom. The lowest BCUT2D eigenvalue weighted by Crippen LogP contribution is -2.52. The van der Waals surface area contributed by atoms with Crippen LogP contribution in [0.25, 0.3) is 0 Å². The summed E-state index contributed by atoms with van der Waals surface area (Å²) in [5.41, 5.74) is 0. The maximum atomic E-state index is 2.80. The molecule has 0 amide bonds. The van der Waals surface area contributed by atoms with Crippen molar-refractivity contribution < 1.29 is 0 Å². The molecule has 3 aliphatic rings. The summed E-state index contributed by atoms with van der Waals surface area (Å²) in [6.07, 6.45) is 0. The van der Waals surface area contributed by atoms with E-state index < -0.39 is 0 Å². The van der Waals surface area contributed by atoms with Crippen LogP contribution >= 0.6 is 0 Å². The van der Waals surface area contributed by atoms with Crippen LogP contribution < -0.4 is 0 Å². The van der Waals surface area contributed by atoms with Crippen molar-refractivity contribution in [3.05, 3.63) is 0 Å². The molecule has 0 saturated carbocycles. The highest BCUT2D eigenvalue weighted by molar-refractivity contribution is 4.79. The van der Waals surface area contributed by atoms with Gasteiger partial charge in [0.1, 0.15) is 0 Å². The maximum Gasteiger partial charge on any atom is 0.0113 e. The zero-order valence-electron chi connectivity index (χ0n) is 31.8. The molecule has 0 radical (unpaired) electrons. The van der Waals surface area contributed by atoms with E-state index in [2.05, 4.69) is 122 Å². The minimum atomic E-state index is 0.571. The van der Waals surface area contributed by atoms with E-state index in [1.54, 1.807) is 0 Å². The van der Waals surface area contributed by atoms with Crippen molar-refractivity contribution >= 4 is 0 Å². The third-order valence-electron chi connectivity index (χ3n) is 10.6. The van der Waals surface area contributed by atoms with Gasteiger partial charge in [0.05, 0.1) is 0 Å². The topological polar surface area (TPSA) is 25.9 Å². The van der Waals surface area contributed by atoms with Crippen molar-refractivity contribution in [3.8, 4) is 0 Å². The fraction of sp³-hybridized carbons (Fsp3) is 1.00. The molecule has 8 heteroatoms. The monoisotopic (exact) mass is 623 g/mol. The molecule has 8 nitrogen and oxygen atoms in total. The first kappa shape index (κ1) is 39.9. The second-order valence-corrected chi connectivity index (χ2v) is 15.5. The quantitative estimate of drug-likeness (QED) is 0.441. The number of fused-ring (bicyclic) bond motifs is 21. The predicted molar refractivity (Wildman–Crippen MR) is 193 cm³/mol. The molecule has 0 aromatic rings. The fourth-order valence-electron chi connectivity index (χ4n) is 6.83. The van der Waals surface area contributed by atoms with Gasteiger partial charge in [-0.1, -0.05) is 0 Å². The SMILES string of the molecule is CC(C)N1CCN2CCN(C(C)C)CCN(C(C)C)CCN(CCN(C(C)C)CC1)CCN(C(C)C)CCN(C(C)C)CC2. The van der Waals surface area contributed by atoms with Gasteiger partial charge in [0.25, 0.3) is 0 Å². The number of hydrogen-bond donors (Lipinski definition) is 0. The van der Waals surface area contributed by atoms with E-state index in [1.165, 1.54) is 0 Å². The van der Waals surface area contributed by atoms with Crippen molar-refractivity contribution in [1.82, 2.24) is 39.2 Å². The normalized spacial score (nSPS) is 26.6. The lowest BCUT2D eigenvalue weighted by molar-refractivity contribution is 0.0824. The average Bonchev–Trinajstić information content (AvgIpc) is 2.93. The minimum Gasteiger partial charge on any atom is -0.300 e. The Morgan fingerprint density at radius 1 is 0.205 bits per heavy atom. The third kappa shape index (κ3) is 14.6. The second kappa shape index (κ2) is 20.8.